The number of carbonyl (C=O) groups excluding carboxylic acids is 1. The maximum Gasteiger partial charge on any atom is 0.153 e. The van der Waals surface area contributed by atoms with E-state index in [1.54, 1.807) is 18.3 Å². The molecule has 106 valence electrons. The van der Waals surface area contributed by atoms with E-state index in [2.05, 4.69) is 10.3 Å². The van der Waals surface area contributed by atoms with Crippen LogP contribution >= 0.6 is 11.6 Å². The van der Waals surface area contributed by atoms with E-state index in [1.165, 1.54) is 6.07 Å². The summed E-state index contributed by atoms with van der Waals surface area (Å²) in [6.07, 6.45) is 4.24. The molecule has 1 aliphatic carbocycles. The van der Waals surface area contributed by atoms with Crippen LogP contribution in [0, 0.1) is 5.82 Å². The minimum Gasteiger partial charge on any atom is -0.369 e. The van der Waals surface area contributed by atoms with Gasteiger partial charge in [0.05, 0.1) is 10.6 Å². The monoisotopic (exact) mass is 302 g/mol. The van der Waals surface area contributed by atoms with E-state index in [0.717, 1.165) is 30.8 Å². The molecule has 0 atom stereocenters. The highest BCUT2D eigenvalue weighted by Gasteiger charge is 2.51. The van der Waals surface area contributed by atoms with Crippen LogP contribution in [-0.2, 0) is 5.41 Å². The van der Waals surface area contributed by atoms with Gasteiger partial charge in [0.15, 0.2) is 6.29 Å². The molecule has 1 fully saturated rings. The van der Waals surface area contributed by atoms with Gasteiger partial charge in [-0.3, -0.25) is 4.79 Å². The van der Waals surface area contributed by atoms with Gasteiger partial charge in [-0.15, -0.1) is 0 Å². The number of hydrogen-bond donors (Lipinski definition) is 1. The van der Waals surface area contributed by atoms with Crippen molar-refractivity contribution >= 4 is 23.7 Å². The number of nitrogens with one attached hydrogen (secondary N) is 1. The molecule has 1 N–H and O–H groups in total. The van der Waals surface area contributed by atoms with Crippen molar-refractivity contribution in [2.75, 3.05) is 11.9 Å². The summed E-state index contributed by atoms with van der Waals surface area (Å²) in [6.45, 7) is 0.843. The second-order valence-electron chi connectivity index (χ2n) is 5.67. The first-order valence-corrected chi connectivity index (χ1v) is 7.21. The molecule has 4 rings (SSSR count). The van der Waals surface area contributed by atoms with Crippen molar-refractivity contribution in [1.29, 1.82) is 0 Å². The molecule has 1 saturated carbocycles. The fourth-order valence-electron chi connectivity index (χ4n) is 3.06. The van der Waals surface area contributed by atoms with Gasteiger partial charge in [0.25, 0.3) is 0 Å². The number of anilines is 1. The normalized spacial score (nSPS) is 17.4. The van der Waals surface area contributed by atoms with Crippen molar-refractivity contribution in [2.45, 2.75) is 18.3 Å². The van der Waals surface area contributed by atoms with Crippen LogP contribution in [0.5, 0.6) is 0 Å². The van der Waals surface area contributed by atoms with E-state index in [4.69, 9.17) is 11.6 Å². The minimum atomic E-state index is -0.549. The Balaban J connectivity index is 1.94. The van der Waals surface area contributed by atoms with E-state index in [9.17, 15) is 9.18 Å². The number of fused-ring (bicyclic) bond motifs is 2. The summed E-state index contributed by atoms with van der Waals surface area (Å²) in [5.41, 5.74) is 1.98. The van der Waals surface area contributed by atoms with Gasteiger partial charge in [-0.2, -0.15) is 0 Å². The molecule has 0 saturated heterocycles. The van der Waals surface area contributed by atoms with Gasteiger partial charge in [-0.25, -0.2) is 9.37 Å². The molecule has 1 aliphatic heterocycles. The third-order valence-electron chi connectivity index (χ3n) is 4.44. The van der Waals surface area contributed by atoms with E-state index >= 15 is 0 Å². The molecule has 2 aromatic rings. The Labute approximate surface area is 126 Å². The number of halogens is 2. The summed E-state index contributed by atoms with van der Waals surface area (Å²) in [4.78, 5) is 15.3. The molecular weight excluding hydrogens is 291 g/mol. The van der Waals surface area contributed by atoms with Crippen LogP contribution in [0.3, 0.4) is 0 Å². The Hall–Kier alpha value is -1.94. The van der Waals surface area contributed by atoms with Gasteiger partial charge in [0, 0.05) is 34.8 Å². The number of aromatic nitrogens is 1. The highest BCUT2D eigenvalue weighted by atomic mass is 35.5. The van der Waals surface area contributed by atoms with Crippen molar-refractivity contribution < 1.29 is 9.18 Å². The molecular formula is C16H12ClFN2O. The second-order valence-corrected chi connectivity index (χ2v) is 6.05. The topological polar surface area (TPSA) is 42.0 Å². The van der Waals surface area contributed by atoms with Crippen molar-refractivity contribution in [3.63, 3.8) is 0 Å². The maximum absolute atomic E-state index is 14.4. The molecule has 0 radical (unpaired) electrons. The molecule has 2 heterocycles. The van der Waals surface area contributed by atoms with Gasteiger partial charge in [0.2, 0.25) is 0 Å². The van der Waals surface area contributed by atoms with Crippen molar-refractivity contribution in [2.24, 2.45) is 0 Å². The molecule has 1 aromatic heterocycles. The standard InChI is InChI=1S/C16H12ClFN2O/c17-13-11(10-3-1-2-9(7-21)14(10)18)6-19-15-12(13)16(4-5-16)8-20-15/h1-3,6-7H,4-5,8H2,(H,19,20). The zero-order chi connectivity index (χ0) is 14.6. The van der Waals surface area contributed by atoms with Crippen LogP contribution in [0.25, 0.3) is 11.1 Å². The molecule has 0 amide bonds. The van der Waals surface area contributed by atoms with Crippen LogP contribution in [-0.4, -0.2) is 17.8 Å². The van der Waals surface area contributed by atoms with Crippen molar-refractivity contribution in [3.05, 3.63) is 46.4 Å². The maximum atomic E-state index is 14.4. The number of hydrogen-bond acceptors (Lipinski definition) is 3. The summed E-state index contributed by atoms with van der Waals surface area (Å²) in [6, 6.07) is 4.72. The Bertz CT molecular complexity index is 771. The highest BCUT2D eigenvalue weighted by molar-refractivity contribution is 6.34. The molecule has 0 unspecified atom stereocenters. The molecule has 5 heteroatoms. The van der Waals surface area contributed by atoms with Crippen LogP contribution in [0.2, 0.25) is 5.02 Å². The van der Waals surface area contributed by atoms with Gasteiger partial charge in [0.1, 0.15) is 11.6 Å². The summed E-state index contributed by atoms with van der Waals surface area (Å²) in [5, 5.41) is 3.81. The first-order chi connectivity index (χ1) is 10.2. The smallest absolute Gasteiger partial charge is 0.153 e. The Kier molecular flexibility index (Phi) is 2.60. The molecule has 3 nitrogen and oxygen atoms in total. The van der Waals surface area contributed by atoms with Gasteiger partial charge in [-0.1, -0.05) is 23.7 Å². The van der Waals surface area contributed by atoms with Crippen LogP contribution < -0.4 is 5.32 Å². The van der Waals surface area contributed by atoms with Crippen LogP contribution in [0.1, 0.15) is 28.8 Å². The highest BCUT2D eigenvalue weighted by Crippen LogP contribution is 2.57. The molecule has 1 aromatic carbocycles. The zero-order valence-corrected chi connectivity index (χ0v) is 11.9. The average molecular weight is 303 g/mol. The minimum absolute atomic E-state index is 0.0309. The predicted octanol–water partition coefficient (Wildman–Crippen LogP) is 3.81. The average Bonchev–Trinajstić information content (AvgIpc) is 3.16. The lowest BCUT2D eigenvalue weighted by molar-refractivity contribution is 0.112. The molecule has 1 spiro atoms. The van der Waals surface area contributed by atoms with E-state index < -0.39 is 5.82 Å². The van der Waals surface area contributed by atoms with Crippen LogP contribution in [0.15, 0.2) is 24.4 Å². The first kappa shape index (κ1) is 12.8. The van der Waals surface area contributed by atoms with Gasteiger partial charge < -0.3 is 5.32 Å². The largest absolute Gasteiger partial charge is 0.369 e. The quantitative estimate of drug-likeness (QED) is 0.858. The summed E-state index contributed by atoms with van der Waals surface area (Å²) < 4.78 is 14.4. The number of nitrogens with zero attached hydrogens (tertiary/aromatic N) is 1. The molecule has 2 aliphatic rings. The fraction of sp³-hybridized carbons (Fsp3) is 0.250. The fourth-order valence-corrected chi connectivity index (χ4v) is 3.50. The van der Waals surface area contributed by atoms with Crippen LogP contribution in [0.4, 0.5) is 10.2 Å². The number of pyridine rings is 1. The van der Waals surface area contributed by atoms with Crippen molar-refractivity contribution in [1.82, 2.24) is 4.98 Å². The summed E-state index contributed by atoms with van der Waals surface area (Å²) in [7, 11) is 0. The molecule has 0 bridgehead atoms. The summed E-state index contributed by atoms with van der Waals surface area (Å²) >= 11 is 6.55. The Morgan fingerprint density at radius 3 is 2.86 bits per heavy atom. The van der Waals surface area contributed by atoms with E-state index in [1.807, 2.05) is 0 Å². The lowest BCUT2D eigenvalue weighted by Gasteiger charge is -2.13. The van der Waals surface area contributed by atoms with Gasteiger partial charge in [-0.05, 0) is 18.9 Å². The van der Waals surface area contributed by atoms with E-state index in [0.29, 0.717) is 22.4 Å². The summed E-state index contributed by atoms with van der Waals surface area (Å²) in [5.74, 6) is 0.250. The third kappa shape index (κ3) is 1.72. The second kappa shape index (κ2) is 4.28. The lowest BCUT2D eigenvalue weighted by Crippen LogP contribution is -2.09. The van der Waals surface area contributed by atoms with Crippen molar-refractivity contribution in [3.8, 4) is 11.1 Å². The number of benzene rings is 1. The van der Waals surface area contributed by atoms with Gasteiger partial charge >= 0.3 is 0 Å². The number of carbonyl (C=O) groups is 1. The SMILES string of the molecule is O=Cc1cccc(-c2cnc3c(c2Cl)C2(CC2)CN3)c1F. The number of aldehydes is 1. The molecule has 21 heavy (non-hydrogen) atoms. The first-order valence-electron chi connectivity index (χ1n) is 6.83. The predicted molar refractivity (Wildman–Crippen MR) is 79.4 cm³/mol. The Morgan fingerprint density at radius 2 is 2.14 bits per heavy atom. The lowest BCUT2D eigenvalue weighted by atomic mass is 9.95. The third-order valence-corrected chi connectivity index (χ3v) is 4.83. The Morgan fingerprint density at radius 1 is 1.33 bits per heavy atom. The van der Waals surface area contributed by atoms with E-state index in [-0.39, 0.29) is 11.0 Å². The zero-order valence-electron chi connectivity index (χ0n) is 11.1. The number of rotatable bonds is 2.